The minimum absolute atomic E-state index is 0.0243. The molecule has 2 atom stereocenters. The topological polar surface area (TPSA) is 55.8 Å². The minimum atomic E-state index is -0.310. The van der Waals surface area contributed by atoms with Crippen molar-refractivity contribution in [3.63, 3.8) is 0 Å². The van der Waals surface area contributed by atoms with E-state index in [0.29, 0.717) is 13.1 Å². The SMILES string of the molecule is CCC(CC)C(=O)N(CC1CCCO1)CC(C)C(=O)OC. The average molecular weight is 299 g/mol. The lowest BCUT2D eigenvalue weighted by Gasteiger charge is -2.30. The number of hydrogen-bond donors (Lipinski definition) is 0. The molecule has 1 amide bonds. The van der Waals surface area contributed by atoms with Gasteiger partial charge < -0.3 is 14.4 Å². The van der Waals surface area contributed by atoms with E-state index in [9.17, 15) is 9.59 Å². The van der Waals surface area contributed by atoms with Gasteiger partial charge in [0.05, 0.1) is 19.1 Å². The molecule has 1 heterocycles. The van der Waals surface area contributed by atoms with E-state index in [4.69, 9.17) is 9.47 Å². The summed E-state index contributed by atoms with van der Waals surface area (Å²) in [5.74, 6) is -0.429. The van der Waals surface area contributed by atoms with Gasteiger partial charge in [-0.25, -0.2) is 0 Å². The predicted molar refractivity (Wildman–Crippen MR) is 80.8 cm³/mol. The van der Waals surface area contributed by atoms with Crippen LogP contribution in [0.15, 0.2) is 0 Å². The summed E-state index contributed by atoms with van der Waals surface area (Å²) in [6.45, 7) is 7.61. The van der Waals surface area contributed by atoms with Crippen LogP contribution in [0.3, 0.4) is 0 Å². The maximum Gasteiger partial charge on any atom is 0.310 e. The van der Waals surface area contributed by atoms with Gasteiger partial charge in [0, 0.05) is 25.6 Å². The quantitative estimate of drug-likeness (QED) is 0.645. The van der Waals surface area contributed by atoms with Gasteiger partial charge >= 0.3 is 5.97 Å². The maximum absolute atomic E-state index is 12.7. The van der Waals surface area contributed by atoms with Crippen molar-refractivity contribution in [1.29, 1.82) is 0 Å². The highest BCUT2D eigenvalue weighted by molar-refractivity contribution is 5.80. The van der Waals surface area contributed by atoms with Crippen LogP contribution in [0.2, 0.25) is 0 Å². The highest BCUT2D eigenvalue weighted by Gasteiger charge is 2.29. The van der Waals surface area contributed by atoms with E-state index in [2.05, 4.69) is 0 Å². The largest absolute Gasteiger partial charge is 0.469 e. The van der Waals surface area contributed by atoms with Crippen molar-refractivity contribution in [2.24, 2.45) is 11.8 Å². The van der Waals surface area contributed by atoms with Gasteiger partial charge in [0.25, 0.3) is 0 Å². The Morgan fingerprint density at radius 3 is 2.48 bits per heavy atom. The lowest BCUT2D eigenvalue weighted by atomic mass is 10.0. The second kappa shape index (κ2) is 9.03. The second-order valence-electron chi connectivity index (χ2n) is 5.82. The summed E-state index contributed by atoms with van der Waals surface area (Å²) < 4.78 is 10.4. The first-order valence-electron chi connectivity index (χ1n) is 8.01. The van der Waals surface area contributed by atoms with Crippen LogP contribution in [0.1, 0.15) is 46.5 Å². The smallest absolute Gasteiger partial charge is 0.310 e. The van der Waals surface area contributed by atoms with Crippen LogP contribution in [-0.2, 0) is 19.1 Å². The first-order valence-corrected chi connectivity index (χ1v) is 8.01. The molecule has 0 bridgehead atoms. The fraction of sp³-hybridized carbons (Fsp3) is 0.875. The van der Waals surface area contributed by atoms with Gasteiger partial charge in [-0.15, -0.1) is 0 Å². The summed E-state index contributed by atoms with van der Waals surface area (Å²) in [5, 5.41) is 0. The molecule has 1 rings (SSSR count). The minimum Gasteiger partial charge on any atom is -0.469 e. The van der Waals surface area contributed by atoms with Crippen molar-refractivity contribution in [2.45, 2.75) is 52.6 Å². The standard InChI is InChI=1S/C16H29NO4/c1-5-13(6-2)15(18)17(10-12(3)16(19)20-4)11-14-8-7-9-21-14/h12-14H,5-11H2,1-4H3. The Balaban J connectivity index is 2.72. The number of nitrogens with zero attached hydrogens (tertiary/aromatic N) is 1. The molecule has 0 spiro atoms. The van der Waals surface area contributed by atoms with Crippen LogP contribution in [0, 0.1) is 11.8 Å². The highest BCUT2D eigenvalue weighted by Crippen LogP contribution is 2.18. The van der Waals surface area contributed by atoms with Gasteiger partial charge in [-0.2, -0.15) is 0 Å². The third-order valence-electron chi connectivity index (χ3n) is 4.19. The van der Waals surface area contributed by atoms with Crippen molar-refractivity contribution < 1.29 is 19.1 Å². The molecule has 0 radical (unpaired) electrons. The summed E-state index contributed by atoms with van der Waals surface area (Å²) in [5.41, 5.74) is 0. The Hall–Kier alpha value is -1.10. The molecule has 1 aliphatic rings. The number of hydrogen-bond acceptors (Lipinski definition) is 4. The first kappa shape index (κ1) is 18.0. The van der Waals surface area contributed by atoms with Gasteiger partial charge in [-0.1, -0.05) is 20.8 Å². The van der Waals surface area contributed by atoms with E-state index in [1.54, 1.807) is 11.8 Å². The van der Waals surface area contributed by atoms with Gasteiger partial charge in [0.15, 0.2) is 0 Å². The average Bonchev–Trinajstić information content (AvgIpc) is 2.99. The van der Waals surface area contributed by atoms with Crippen molar-refractivity contribution >= 4 is 11.9 Å². The molecular weight excluding hydrogens is 270 g/mol. The molecule has 122 valence electrons. The number of carbonyl (C=O) groups excluding carboxylic acids is 2. The molecule has 1 aliphatic heterocycles. The van der Waals surface area contributed by atoms with Crippen LogP contribution >= 0.6 is 0 Å². The van der Waals surface area contributed by atoms with E-state index in [1.165, 1.54) is 7.11 Å². The molecule has 0 aliphatic carbocycles. The molecule has 0 saturated carbocycles. The number of methoxy groups -OCH3 is 1. The van der Waals surface area contributed by atoms with E-state index >= 15 is 0 Å². The zero-order valence-electron chi connectivity index (χ0n) is 13.8. The molecule has 0 aromatic rings. The van der Waals surface area contributed by atoms with Crippen LogP contribution in [0.4, 0.5) is 0 Å². The van der Waals surface area contributed by atoms with E-state index < -0.39 is 0 Å². The van der Waals surface area contributed by atoms with Crippen molar-refractivity contribution in [1.82, 2.24) is 4.90 Å². The molecule has 0 aromatic heterocycles. The van der Waals surface area contributed by atoms with Crippen molar-refractivity contribution in [3.05, 3.63) is 0 Å². The Morgan fingerprint density at radius 2 is 2.00 bits per heavy atom. The third-order valence-corrected chi connectivity index (χ3v) is 4.19. The van der Waals surface area contributed by atoms with Crippen molar-refractivity contribution in [2.75, 3.05) is 26.8 Å². The summed E-state index contributed by atoms with van der Waals surface area (Å²) >= 11 is 0. The number of esters is 1. The number of ether oxygens (including phenoxy) is 2. The fourth-order valence-corrected chi connectivity index (χ4v) is 2.79. The third kappa shape index (κ3) is 5.30. The molecular formula is C16H29NO4. The van der Waals surface area contributed by atoms with Gasteiger partial charge in [-0.05, 0) is 25.7 Å². The molecule has 21 heavy (non-hydrogen) atoms. The number of carbonyl (C=O) groups is 2. The lowest BCUT2D eigenvalue weighted by Crippen LogP contribution is -2.44. The maximum atomic E-state index is 12.7. The summed E-state index contributed by atoms with van der Waals surface area (Å²) in [7, 11) is 1.38. The molecule has 5 nitrogen and oxygen atoms in total. The Labute approximate surface area is 128 Å². The fourth-order valence-electron chi connectivity index (χ4n) is 2.79. The molecule has 0 aromatic carbocycles. The number of amides is 1. The predicted octanol–water partition coefficient (Wildman–Crippen LogP) is 2.24. The molecule has 5 heteroatoms. The number of rotatable bonds is 8. The van der Waals surface area contributed by atoms with E-state index in [1.807, 2.05) is 13.8 Å². The van der Waals surface area contributed by atoms with Gasteiger partial charge in [-0.3, -0.25) is 9.59 Å². The monoisotopic (exact) mass is 299 g/mol. The van der Waals surface area contributed by atoms with Gasteiger partial charge in [0.2, 0.25) is 5.91 Å². The highest BCUT2D eigenvalue weighted by atomic mass is 16.5. The Bertz CT molecular complexity index is 335. The Morgan fingerprint density at radius 1 is 1.33 bits per heavy atom. The second-order valence-corrected chi connectivity index (χ2v) is 5.82. The summed E-state index contributed by atoms with van der Waals surface area (Å²) in [6, 6.07) is 0. The summed E-state index contributed by atoms with van der Waals surface area (Å²) in [6.07, 6.45) is 3.78. The molecule has 0 N–H and O–H groups in total. The van der Waals surface area contributed by atoms with Gasteiger partial charge in [0.1, 0.15) is 0 Å². The van der Waals surface area contributed by atoms with E-state index in [0.717, 1.165) is 32.3 Å². The van der Waals surface area contributed by atoms with E-state index in [-0.39, 0.29) is 29.8 Å². The summed E-state index contributed by atoms with van der Waals surface area (Å²) in [4.78, 5) is 26.1. The Kier molecular flexibility index (Phi) is 7.72. The zero-order chi connectivity index (χ0) is 15.8. The van der Waals surface area contributed by atoms with Crippen LogP contribution < -0.4 is 0 Å². The first-order chi connectivity index (χ1) is 10.0. The van der Waals surface area contributed by atoms with Crippen LogP contribution in [-0.4, -0.2) is 49.7 Å². The van der Waals surface area contributed by atoms with Crippen LogP contribution in [0.5, 0.6) is 0 Å². The lowest BCUT2D eigenvalue weighted by molar-refractivity contribution is -0.147. The zero-order valence-corrected chi connectivity index (χ0v) is 13.8. The molecule has 2 unspecified atom stereocenters. The van der Waals surface area contributed by atoms with Crippen LogP contribution in [0.25, 0.3) is 0 Å². The molecule has 1 fully saturated rings. The van der Waals surface area contributed by atoms with Crippen molar-refractivity contribution in [3.8, 4) is 0 Å². The molecule has 1 saturated heterocycles. The normalized spacial score (nSPS) is 19.6.